The Hall–Kier alpha value is -2.37. The van der Waals surface area contributed by atoms with Gasteiger partial charge >= 0.3 is 0 Å². The molecule has 0 radical (unpaired) electrons. The highest BCUT2D eigenvalue weighted by molar-refractivity contribution is 6.08. The molecular weight excluding hydrogens is 282 g/mol. The number of fused-ring (bicyclic) bond motifs is 1. The molecular formula is C16H19N3O3. The summed E-state index contributed by atoms with van der Waals surface area (Å²) < 4.78 is 5.68. The second-order valence-electron chi connectivity index (χ2n) is 5.93. The van der Waals surface area contributed by atoms with E-state index in [9.17, 15) is 9.59 Å². The first-order chi connectivity index (χ1) is 10.4. The zero-order valence-electron chi connectivity index (χ0n) is 13.1. The number of benzene rings is 1. The Labute approximate surface area is 129 Å². The lowest BCUT2D eigenvalue weighted by Crippen LogP contribution is -2.42. The lowest BCUT2D eigenvalue weighted by Gasteiger charge is -2.31. The van der Waals surface area contributed by atoms with Crippen LogP contribution < -0.4 is 15.1 Å². The molecule has 6 heteroatoms. The van der Waals surface area contributed by atoms with Crippen LogP contribution in [0.1, 0.15) is 31.4 Å². The van der Waals surface area contributed by atoms with Crippen molar-refractivity contribution in [2.45, 2.75) is 33.3 Å². The number of likely N-dealkylation sites (N-methyl/N-ethyl adjacent to an activating group) is 1. The third kappa shape index (κ3) is 2.24. The smallest absolute Gasteiger partial charge is 0.267 e. The molecule has 1 N–H and O–H groups in total. The van der Waals surface area contributed by atoms with E-state index >= 15 is 0 Å². The summed E-state index contributed by atoms with van der Waals surface area (Å²) >= 11 is 0. The largest absolute Gasteiger partial charge is 0.479 e. The fraction of sp³-hybridized carbons (Fsp3) is 0.438. The van der Waals surface area contributed by atoms with Crippen molar-refractivity contribution in [1.29, 1.82) is 0 Å². The van der Waals surface area contributed by atoms with Gasteiger partial charge < -0.3 is 9.64 Å². The number of carbonyl (C=O) groups is 2. The predicted octanol–water partition coefficient (Wildman–Crippen LogP) is 1.60. The summed E-state index contributed by atoms with van der Waals surface area (Å²) in [4.78, 5) is 25.1. The molecule has 6 nitrogen and oxygen atoms in total. The van der Waals surface area contributed by atoms with Crippen molar-refractivity contribution in [2.24, 2.45) is 11.0 Å². The van der Waals surface area contributed by atoms with E-state index in [1.807, 2.05) is 26.0 Å². The molecule has 2 aliphatic heterocycles. The number of carbonyl (C=O) groups excluding carboxylic acids is 2. The van der Waals surface area contributed by atoms with Gasteiger partial charge in [-0.2, -0.15) is 5.10 Å². The summed E-state index contributed by atoms with van der Waals surface area (Å²) in [5.74, 6) is 0.587. The molecule has 116 valence electrons. The van der Waals surface area contributed by atoms with Crippen molar-refractivity contribution in [2.75, 3.05) is 11.9 Å². The second kappa shape index (κ2) is 5.12. The number of hydrazone groups is 1. The molecule has 0 bridgehead atoms. The zero-order valence-corrected chi connectivity index (χ0v) is 13.1. The maximum absolute atomic E-state index is 12.1. The van der Waals surface area contributed by atoms with Gasteiger partial charge in [0.25, 0.3) is 5.91 Å². The highest BCUT2D eigenvalue weighted by Gasteiger charge is 2.31. The van der Waals surface area contributed by atoms with Crippen LogP contribution in [0, 0.1) is 12.8 Å². The number of hydrogen-bond donors (Lipinski definition) is 1. The van der Waals surface area contributed by atoms with Crippen LogP contribution in [0.4, 0.5) is 5.69 Å². The first kappa shape index (κ1) is 14.6. The number of amides is 2. The fourth-order valence-corrected chi connectivity index (χ4v) is 2.91. The molecule has 0 aromatic heterocycles. The average Bonchev–Trinajstić information content (AvgIpc) is 2.45. The minimum atomic E-state index is -0.479. The van der Waals surface area contributed by atoms with Crippen molar-refractivity contribution in [3.63, 3.8) is 0 Å². The minimum Gasteiger partial charge on any atom is -0.479 e. The highest BCUT2D eigenvalue weighted by Crippen LogP contribution is 2.36. The lowest BCUT2D eigenvalue weighted by atomic mass is 9.90. The second-order valence-corrected chi connectivity index (χ2v) is 5.93. The number of ether oxygens (including phenoxy) is 1. The van der Waals surface area contributed by atoms with Gasteiger partial charge in [0, 0.05) is 24.9 Å². The molecule has 2 unspecified atom stereocenters. The molecule has 2 atom stereocenters. The highest BCUT2D eigenvalue weighted by atomic mass is 16.5. The van der Waals surface area contributed by atoms with Gasteiger partial charge in [-0.05, 0) is 31.5 Å². The monoisotopic (exact) mass is 301 g/mol. The van der Waals surface area contributed by atoms with E-state index in [1.165, 1.54) is 0 Å². The van der Waals surface area contributed by atoms with Crippen molar-refractivity contribution in [3.05, 3.63) is 23.3 Å². The maximum Gasteiger partial charge on any atom is 0.267 e. The molecule has 0 saturated carbocycles. The topological polar surface area (TPSA) is 71.0 Å². The van der Waals surface area contributed by atoms with E-state index in [4.69, 9.17) is 4.74 Å². The molecule has 0 fully saturated rings. The fourth-order valence-electron chi connectivity index (χ4n) is 2.91. The van der Waals surface area contributed by atoms with Crippen LogP contribution >= 0.6 is 0 Å². The van der Waals surface area contributed by atoms with Crippen molar-refractivity contribution < 1.29 is 14.3 Å². The van der Waals surface area contributed by atoms with E-state index in [0.717, 1.165) is 22.5 Å². The van der Waals surface area contributed by atoms with Crippen LogP contribution in [0.5, 0.6) is 5.75 Å². The van der Waals surface area contributed by atoms with Crippen LogP contribution in [0.15, 0.2) is 17.2 Å². The van der Waals surface area contributed by atoms with Crippen LogP contribution in [0.3, 0.4) is 0 Å². The summed E-state index contributed by atoms with van der Waals surface area (Å²) in [5.41, 5.74) is 6.04. The summed E-state index contributed by atoms with van der Waals surface area (Å²) in [6.07, 6.45) is -0.0644. The number of anilines is 1. The third-order valence-corrected chi connectivity index (χ3v) is 4.18. The first-order valence-electron chi connectivity index (χ1n) is 7.34. The molecule has 2 amide bonds. The summed E-state index contributed by atoms with van der Waals surface area (Å²) in [6, 6.07) is 3.84. The molecule has 1 aromatic carbocycles. The average molecular weight is 301 g/mol. The standard InChI is InChI=1S/C16H19N3O3/c1-8-5-13-12(19(4)16(21)10(3)22-13)7-11(8)15-9(2)6-14(20)17-18-15/h5,7,9-10H,6H2,1-4H3,(H,17,20). The van der Waals surface area contributed by atoms with Crippen LogP contribution in [-0.2, 0) is 9.59 Å². The quantitative estimate of drug-likeness (QED) is 0.856. The van der Waals surface area contributed by atoms with E-state index in [2.05, 4.69) is 10.5 Å². The Morgan fingerprint density at radius 1 is 1.32 bits per heavy atom. The molecule has 2 heterocycles. The zero-order chi connectivity index (χ0) is 16.0. The summed E-state index contributed by atoms with van der Waals surface area (Å²) in [7, 11) is 1.74. The van der Waals surface area contributed by atoms with Crippen LogP contribution in [0.25, 0.3) is 0 Å². The minimum absolute atomic E-state index is 0.0370. The van der Waals surface area contributed by atoms with Crippen molar-refractivity contribution >= 4 is 23.2 Å². The lowest BCUT2D eigenvalue weighted by molar-refractivity contribution is -0.125. The maximum atomic E-state index is 12.1. The van der Waals surface area contributed by atoms with E-state index < -0.39 is 6.10 Å². The Bertz CT molecular complexity index is 696. The SMILES string of the molecule is Cc1cc2c(cc1C1=NNC(=O)CC1C)N(C)C(=O)C(C)O2. The number of nitrogens with zero attached hydrogens (tertiary/aromatic N) is 2. The van der Waals surface area contributed by atoms with Gasteiger partial charge in [0.2, 0.25) is 5.91 Å². The van der Waals surface area contributed by atoms with Crippen molar-refractivity contribution in [3.8, 4) is 5.75 Å². The predicted molar refractivity (Wildman–Crippen MR) is 83.1 cm³/mol. The van der Waals surface area contributed by atoms with Gasteiger partial charge in [-0.3, -0.25) is 9.59 Å². The molecule has 0 aliphatic carbocycles. The van der Waals surface area contributed by atoms with E-state index in [1.54, 1.807) is 18.9 Å². The third-order valence-electron chi connectivity index (χ3n) is 4.18. The van der Waals surface area contributed by atoms with Crippen LogP contribution in [0.2, 0.25) is 0 Å². The number of hydrogen-bond acceptors (Lipinski definition) is 4. The van der Waals surface area contributed by atoms with Gasteiger partial charge in [0.15, 0.2) is 6.10 Å². The van der Waals surface area contributed by atoms with Gasteiger partial charge in [-0.25, -0.2) is 5.43 Å². The molecule has 0 spiro atoms. The molecule has 0 saturated heterocycles. The number of nitrogens with one attached hydrogen (secondary N) is 1. The Morgan fingerprint density at radius 3 is 2.73 bits per heavy atom. The summed E-state index contributed by atoms with van der Waals surface area (Å²) in [5, 5.41) is 4.20. The molecule has 2 aliphatic rings. The molecule has 1 aromatic rings. The van der Waals surface area contributed by atoms with E-state index in [-0.39, 0.29) is 17.7 Å². The first-order valence-corrected chi connectivity index (χ1v) is 7.34. The Kier molecular flexibility index (Phi) is 3.39. The molecule has 3 rings (SSSR count). The number of rotatable bonds is 1. The van der Waals surface area contributed by atoms with Crippen molar-refractivity contribution in [1.82, 2.24) is 5.43 Å². The Morgan fingerprint density at radius 2 is 2.05 bits per heavy atom. The van der Waals surface area contributed by atoms with Crippen LogP contribution in [-0.4, -0.2) is 30.7 Å². The van der Waals surface area contributed by atoms with E-state index in [0.29, 0.717) is 12.2 Å². The summed E-state index contributed by atoms with van der Waals surface area (Å²) in [6.45, 7) is 5.70. The normalized spacial score (nSPS) is 24.4. The van der Waals surface area contributed by atoms with Gasteiger partial charge in [-0.15, -0.1) is 0 Å². The Balaban J connectivity index is 2.08. The number of aryl methyl sites for hydroxylation is 1. The van der Waals surface area contributed by atoms with Gasteiger partial charge in [-0.1, -0.05) is 6.92 Å². The van der Waals surface area contributed by atoms with Gasteiger partial charge in [0.1, 0.15) is 5.75 Å². The van der Waals surface area contributed by atoms with Gasteiger partial charge in [0.05, 0.1) is 11.4 Å². The molecule has 22 heavy (non-hydrogen) atoms.